The number of hydrogen-bond acceptors (Lipinski definition) is 2. The number of carbonyl (C=O) groups excluding carboxylic acids is 1. The summed E-state index contributed by atoms with van der Waals surface area (Å²) in [5.41, 5.74) is 1.65. The van der Waals surface area contributed by atoms with Gasteiger partial charge in [0, 0.05) is 22.7 Å². The first-order valence-corrected chi connectivity index (χ1v) is 7.18. The zero-order valence-corrected chi connectivity index (χ0v) is 12.3. The summed E-state index contributed by atoms with van der Waals surface area (Å²) in [5.74, 6) is -0.0528. The molecule has 0 unspecified atom stereocenters. The fraction of sp³-hybridized carbons (Fsp3) is 0.250. The van der Waals surface area contributed by atoms with E-state index >= 15 is 0 Å². The zero-order chi connectivity index (χ0) is 15.0. The number of nitrogens with one attached hydrogen (secondary N) is 2. The van der Waals surface area contributed by atoms with Crippen LogP contribution in [0, 0.1) is 6.92 Å². The average Bonchev–Trinajstić information content (AvgIpc) is 3.17. The first kappa shape index (κ1) is 13.9. The van der Waals surface area contributed by atoms with E-state index in [1.54, 1.807) is 19.1 Å². The summed E-state index contributed by atoms with van der Waals surface area (Å²) < 4.78 is 0. The molecule has 0 bridgehead atoms. The fourth-order valence-corrected chi connectivity index (χ4v) is 2.66. The maximum absolute atomic E-state index is 12.1. The molecule has 2 atom stereocenters. The molecule has 1 amide bonds. The molecule has 1 heterocycles. The van der Waals surface area contributed by atoms with E-state index in [0.29, 0.717) is 5.02 Å². The molecule has 1 aromatic heterocycles. The van der Waals surface area contributed by atoms with Gasteiger partial charge in [0.2, 0.25) is 0 Å². The van der Waals surface area contributed by atoms with E-state index in [9.17, 15) is 9.59 Å². The zero-order valence-electron chi connectivity index (χ0n) is 11.5. The van der Waals surface area contributed by atoms with Gasteiger partial charge >= 0.3 is 0 Å². The van der Waals surface area contributed by atoms with E-state index in [2.05, 4.69) is 10.3 Å². The van der Waals surface area contributed by atoms with Gasteiger partial charge in [-0.05, 0) is 43.2 Å². The van der Waals surface area contributed by atoms with Gasteiger partial charge in [-0.15, -0.1) is 0 Å². The van der Waals surface area contributed by atoms with Gasteiger partial charge in [-0.25, -0.2) is 0 Å². The standard InChI is InChI=1S/C16H15ClN2O2/c1-9-5-6-12(15(20)18-9)16(21)19-14-8-13(14)10-3-2-4-11(17)7-10/h2-7,13-14H,8H2,1H3,(H,18,20)(H,19,21)/t13-,14+/m1/s1. The lowest BCUT2D eigenvalue weighted by Gasteiger charge is -2.05. The second-order valence-electron chi connectivity index (χ2n) is 5.36. The second kappa shape index (κ2) is 5.37. The highest BCUT2D eigenvalue weighted by Gasteiger charge is 2.39. The van der Waals surface area contributed by atoms with Crippen molar-refractivity contribution < 1.29 is 4.79 Å². The first-order chi connectivity index (χ1) is 10.0. The van der Waals surface area contributed by atoms with Gasteiger partial charge in [0.25, 0.3) is 11.5 Å². The molecule has 2 aromatic rings. The van der Waals surface area contributed by atoms with Crippen LogP contribution in [0.25, 0.3) is 0 Å². The molecule has 1 aromatic carbocycles. The molecule has 1 aliphatic rings. The van der Waals surface area contributed by atoms with Crippen LogP contribution in [-0.2, 0) is 0 Å². The minimum absolute atomic E-state index is 0.0664. The van der Waals surface area contributed by atoms with Crippen LogP contribution in [-0.4, -0.2) is 16.9 Å². The molecule has 0 spiro atoms. The van der Waals surface area contributed by atoms with Crippen LogP contribution in [0.15, 0.2) is 41.2 Å². The predicted molar refractivity (Wildman–Crippen MR) is 81.9 cm³/mol. The summed E-state index contributed by atoms with van der Waals surface area (Å²) in [4.78, 5) is 26.5. The smallest absolute Gasteiger partial charge is 0.260 e. The Morgan fingerprint density at radius 3 is 2.86 bits per heavy atom. The van der Waals surface area contributed by atoms with Crippen molar-refractivity contribution in [2.75, 3.05) is 0 Å². The Bertz CT molecular complexity index is 754. The van der Waals surface area contributed by atoms with Gasteiger partial charge in [0.1, 0.15) is 5.56 Å². The van der Waals surface area contributed by atoms with Gasteiger partial charge in [0.05, 0.1) is 0 Å². The minimum Gasteiger partial charge on any atom is -0.348 e. The summed E-state index contributed by atoms with van der Waals surface area (Å²) in [6, 6.07) is 11.0. The molecule has 0 radical (unpaired) electrons. The molecule has 4 nitrogen and oxygen atoms in total. The summed E-state index contributed by atoms with van der Waals surface area (Å²) in [6.07, 6.45) is 0.871. The van der Waals surface area contributed by atoms with Crippen LogP contribution < -0.4 is 10.9 Å². The average molecular weight is 303 g/mol. The lowest BCUT2D eigenvalue weighted by molar-refractivity contribution is 0.0949. The van der Waals surface area contributed by atoms with Crippen molar-refractivity contribution in [3.63, 3.8) is 0 Å². The highest BCUT2D eigenvalue weighted by atomic mass is 35.5. The van der Waals surface area contributed by atoms with Crippen molar-refractivity contribution >= 4 is 17.5 Å². The van der Waals surface area contributed by atoms with Crippen molar-refractivity contribution in [2.24, 2.45) is 0 Å². The Morgan fingerprint density at radius 2 is 2.14 bits per heavy atom. The van der Waals surface area contributed by atoms with E-state index < -0.39 is 0 Å². The number of pyridine rings is 1. The number of aromatic amines is 1. The number of amides is 1. The van der Waals surface area contributed by atoms with Gasteiger partial charge in [-0.1, -0.05) is 23.7 Å². The Labute approximate surface area is 127 Å². The quantitative estimate of drug-likeness (QED) is 0.915. The second-order valence-corrected chi connectivity index (χ2v) is 5.80. The summed E-state index contributed by atoms with van der Waals surface area (Å²) in [7, 11) is 0. The monoisotopic (exact) mass is 302 g/mol. The largest absolute Gasteiger partial charge is 0.348 e. The third-order valence-corrected chi connectivity index (χ3v) is 3.92. The lowest BCUT2D eigenvalue weighted by atomic mass is 10.1. The summed E-state index contributed by atoms with van der Waals surface area (Å²) in [5, 5.41) is 3.59. The molecule has 5 heteroatoms. The third-order valence-electron chi connectivity index (χ3n) is 3.68. The van der Waals surface area contributed by atoms with Crippen LogP contribution in [0.4, 0.5) is 0 Å². The number of H-pyrrole nitrogens is 1. The number of halogens is 1. The molecule has 0 saturated heterocycles. The number of hydrogen-bond donors (Lipinski definition) is 2. The van der Waals surface area contributed by atoms with Gasteiger partial charge in [-0.2, -0.15) is 0 Å². The van der Waals surface area contributed by atoms with E-state index in [1.165, 1.54) is 0 Å². The first-order valence-electron chi connectivity index (χ1n) is 6.81. The molecule has 108 valence electrons. The number of benzene rings is 1. The van der Waals surface area contributed by atoms with E-state index in [-0.39, 0.29) is 29.0 Å². The van der Waals surface area contributed by atoms with Crippen LogP contribution in [0.1, 0.15) is 34.0 Å². The predicted octanol–water partition coefficient (Wildman–Crippen LogP) is 2.62. The fourth-order valence-electron chi connectivity index (χ4n) is 2.46. The van der Waals surface area contributed by atoms with Crippen molar-refractivity contribution in [3.8, 4) is 0 Å². The number of aryl methyl sites for hydroxylation is 1. The Kier molecular flexibility index (Phi) is 3.55. The summed E-state index contributed by atoms with van der Waals surface area (Å²) in [6.45, 7) is 1.78. The number of rotatable bonds is 3. The lowest BCUT2D eigenvalue weighted by Crippen LogP contribution is -2.31. The molecular weight excluding hydrogens is 288 g/mol. The molecule has 1 fully saturated rings. The molecule has 1 saturated carbocycles. The molecule has 3 rings (SSSR count). The SMILES string of the molecule is Cc1ccc(C(=O)N[C@H]2C[C@@H]2c2cccc(Cl)c2)c(=O)[nH]1. The topological polar surface area (TPSA) is 62.0 Å². The van der Waals surface area contributed by atoms with E-state index in [4.69, 9.17) is 11.6 Å². The van der Waals surface area contributed by atoms with Crippen molar-refractivity contribution in [1.82, 2.24) is 10.3 Å². The van der Waals surface area contributed by atoms with Gasteiger partial charge < -0.3 is 10.3 Å². The molecule has 0 aliphatic heterocycles. The third kappa shape index (κ3) is 3.00. The molecule has 2 N–H and O–H groups in total. The van der Waals surface area contributed by atoms with Crippen molar-refractivity contribution in [2.45, 2.75) is 25.3 Å². The normalized spacial score (nSPS) is 20.1. The number of carbonyl (C=O) groups is 1. The molecular formula is C16H15ClN2O2. The van der Waals surface area contributed by atoms with Crippen molar-refractivity contribution in [1.29, 1.82) is 0 Å². The Morgan fingerprint density at radius 1 is 1.33 bits per heavy atom. The highest BCUT2D eigenvalue weighted by Crippen LogP contribution is 2.41. The molecule has 1 aliphatic carbocycles. The maximum Gasteiger partial charge on any atom is 0.260 e. The maximum atomic E-state index is 12.1. The number of aromatic nitrogens is 1. The van der Waals surface area contributed by atoms with Gasteiger partial charge in [0.15, 0.2) is 0 Å². The molecule has 21 heavy (non-hydrogen) atoms. The van der Waals surface area contributed by atoms with Crippen LogP contribution in [0.3, 0.4) is 0 Å². The Hall–Kier alpha value is -2.07. The van der Waals surface area contributed by atoms with Crippen LogP contribution >= 0.6 is 11.6 Å². The summed E-state index contributed by atoms with van der Waals surface area (Å²) >= 11 is 5.97. The minimum atomic E-state index is -0.354. The van der Waals surface area contributed by atoms with Crippen molar-refractivity contribution in [3.05, 3.63) is 68.6 Å². The van der Waals surface area contributed by atoms with Crippen LogP contribution in [0.2, 0.25) is 5.02 Å². The highest BCUT2D eigenvalue weighted by molar-refractivity contribution is 6.30. The Balaban J connectivity index is 1.69. The van der Waals surface area contributed by atoms with E-state index in [1.807, 2.05) is 24.3 Å². The van der Waals surface area contributed by atoms with Crippen LogP contribution in [0.5, 0.6) is 0 Å². The van der Waals surface area contributed by atoms with E-state index in [0.717, 1.165) is 17.7 Å². The van der Waals surface area contributed by atoms with Gasteiger partial charge in [-0.3, -0.25) is 9.59 Å².